The topological polar surface area (TPSA) is 0 Å². The summed E-state index contributed by atoms with van der Waals surface area (Å²) < 4.78 is 0. The zero-order chi connectivity index (χ0) is 27.1. The Hall–Kier alpha value is -1.82. The fourth-order valence-corrected chi connectivity index (χ4v) is 1.55. The number of hydrogen-bond acceptors (Lipinski definition) is 0. The standard InChI is InChI=1S/C17H22.C4H8.2C4H10.2C2H6.CH4/c1-5-14(3)8-7-9-15(4)17-12-10-16(6-2)11-13-17;1-4(2)3;2*1-3-4-2;2*1-2;/h7-13H,3,5-6H2,1-2,4H3;1H2,2-3H3;2*3-4H2,1-2H3;2*1-2H3;1H4/b8-7-,15-9+;;;;;;. The van der Waals surface area contributed by atoms with Gasteiger partial charge in [-0.1, -0.05) is 163 Å². The van der Waals surface area contributed by atoms with Crippen molar-refractivity contribution >= 4 is 5.57 Å². The van der Waals surface area contributed by atoms with Crippen LogP contribution in [0.3, 0.4) is 0 Å². The second kappa shape index (κ2) is 41.4. The summed E-state index contributed by atoms with van der Waals surface area (Å²) in [6.07, 6.45) is 13.7. The zero-order valence-corrected chi connectivity index (χ0v) is 25.2. The van der Waals surface area contributed by atoms with Gasteiger partial charge in [-0.05, 0) is 50.3 Å². The smallest absolute Gasteiger partial charge is 0.0227 e. The summed E-state index contributed by atoms with van der Waals surface area (Å²) in [5.41, 5.74) is 6.29. The number of unbranched alkanes of at least 4 members (excludes halogenated alkanes) is 2. The van der Waals surface area contributed by atoms with Crippen LogP contribution in [0.25, 0.3) is 5.57 Å². The molecule has 0 spiro atoms. The summed E-state index contributed by atoms with van der Waals surface area (Å²) in [6, 6.07) is 8.77. The Morgan fingerprint density at radius 1 is 0.706 bits per heavy atom. The molecular formula is C34H66. The SMILES string of the molecule is C.C=C(/C=C\C=C(/C)c1ccc(CC)cc1)CC.C=C(C)C.CC.CC.CCCC.CCCC. The molecule has 0 amide bonds. The highest BCUT2D eigenvalue weighted by atomic mass is 14.0. The first-order valence-electron chi connectivity index (χ1n) is 13.5. The summed E-state index contributed by atoms with van der Waals surface area (Å²) in [4.78, 5) is 0. The zero-order valence-electron chi connectivity index (χ0n) is 25.2. The van der Waals surface area contributed by atoms with Crippen LogP contribution in [0.4, 0.5) is 0 Å². The van der Waals surface area contributed by atoms with Crippen molar-refractivity contribution < 1.29 is 0 Å². The van der Waals surface area contributed by atoms with Crippen molar-refractivity contribution in [2.45, 2.75) is 136 Å². The van der Waals surface area contributed by atoms with Gasteiger partial charge in [-0.2, -0.15) is 0 Å². The molecule has 0 heterocycles. The van der Waals surface area contributed by atoms with Gasteiger partial charge in [0, 0.05) is 0 Å². The molecule has 34 heavy (non-hydrogen) atoms. The van der Waals surface area contributed by atoms with Crippen molar-refractivity contribution in [3.8, 4) is 0 Å². The van der Waals surface area contributed by atoms with Crippen LogP contribution in [0.15, 0.2) is 66.8 Å². The second-order valence-corrected chi connectivity index (χ2v) is 7.48. The van der Waals surface area contributed by atoms with Crippen molar-refractivity contribution in [1.29, 1.82) is 0 Å². The number of benzene rings is 1. The normalized spacial score (nSPS) is 8.91. The molecule has 1 rings (SSSR count). The maximum atomic E-state index is 3.95. The molecule has 0 heteroatoms. The Balaban J connectivity index is -0.0000000954. The largest absolute Gasteiger partial charge is 0.100 e. The van der Waals surface area contributed by atoms with E-state index in [0.717, 1.165) is 18.4 Å². The molecule has 202 valence electrons. The Morgan fingerprint density at radius 3 is 1.32 bits per heavy atom. The highest BCUT2D eigenvalue weighted by Gasteiger charge is 1.94. The van der Waals surface area contributed by atoms with Crippen LogP contribution < -0.4 is 0 Å². The Labute approximate surface area is 219 Å². The molecule has 0 bridgehead atoms. The molecule has 0 aliphatic rings. The summed E-state index contributed by atoms with van der Waals surface area (Å²) in [6.45, 7) is 34.6. The molecule has 0 aliphatic carbocycles. The Morgan fingerprint density at radius 2 is 1.06 bits per heavy atom. The third kappa shape index (κ3) is 44.0. The minimum absolute atomic E-state index is 0. The van der Waals surface area contributed by atoms with Crippen LogP contribution in [0.5, 0.6) is 0 Å². The molecule has 0 saturated carbocycles. The summed E-state index contributed by atoms with van der Waals surface area (Å²) in [7, 11) is 0. The fourth-order valence-electron chi connectivity index (χ4n) is 1.55. The number of hydrogen-bond donors (Lipinski definition) is 0. The minimum Gasteiger partial charge on any atom is -0.100 e. The van der Waals surface area contributed by atoms with E-state index in [9.17, 15) is 0 Å². The summed E-state index contributed by atoms with van der Waals surface area (Å²) in [5.74, 6) is 0. The molecule has 1 aromatic rings. The van der Waals surface area contributed by atoms with E-state index < -0.39 is 0 Å². The van der Waals surface area contributed by atoms with E-state index in [2.05, 4.69) is 104 Å². The summed E-state index contributed by atoms with van der Waals surface area (Å²) in [5, 5.41) is 0. The second-order valence-electron chi connectivity index (χ2n) is 7.48. The lowest BCUT2D eigenvalue weighted by molar-refractivity contribution is 0.886. The molecule has 0 radical (unpaired) electrons. The van der Waals surface area contributed by atoms with Gasteiger partial charge in [0.1, 0.15) is 0 Å². The molecule has 1 aromatic carbocycles. The van der Waals surface area contributed by atoms with Crippen molar-refractivity contribution in [1.82, 2.24) is 0 Å². The van der Waals surface area contributed by atoms with Gasteiger partial charge in [-0.3, -0.25) is 0 Å². The molecule has 0 atom stereocenters. The quantitative estimate of drug-likeness (QED) is 0.272. The monoisotopic (exact) mass is 475 g/mol. The van der Waals surface area contributed by atoms with Crippen LogP contribution in [-0.4, -0.2) is 0 Å². The molecule has 0 aromatic heterocycles. The molecule has 0 saturated heterocycles. The van der Waals surface area contributed by atoms with Crippen molar-refractivity contribution in [2.75, 3.05) is 0 Å². The van der Waals surface area contributed by atoms with E-state index in [-0.39, 0.29) is 7.43 Å². The first-order valence-corrected chi connectivity index (χ1v) is 13.5. The van der Waals surface area contributed by atoms with Gasteiger partial charge in [-0.25, -0.2) is 0 Å². The molecule has 0 fully saturated rings. The van der Waals surface area contributed by atoms with E-state index in [1.165, 1.54) is 48.0 Å². The van der Waals surface area contributed by atoms with Crippen molar-refractivity contribution in [2.24, 2.45) is 0 Å². The van der Waals surface area contributed by atoms with E-state index in [0.29, 0.717) is 0 Å². The van der Waals surface area contributed by atoms with Gasteiger partial charge in [0.2, 0.25) is 0 Å². The highest BCUT2D eigenvalue weighted by Crippen LogP contribution is 2.15. The summed E-state index contributed by atoms with van der Waals surface area (Å²) >= 11 is 0. The lowest BCUT2D eigenvalue weighted by Gasteiger charge is -2.02. The van der Waals surface area contributed by atoms with Crippen LogP contribution >= 0.6 is 0 Å². The third-order valence-electron chi connectivity index (χ3n) is 3.95. The molecule has 0 aliphatic heterocycles. The van der Waals surface area contributed by atoms with Gasteiger partial charge in [0.05, 0.1) is 0 Å². The molecule has 0 N–H and O–H groups in total. The first-order chi connectivity index (χ1) is 15.7. The average molecular weight is 475 g/mol. The number of rotatable bonds is 7. The van der Waals surface area contributed by atoms with E-state index in [1.807, 2.05) is 41.5 Å². The molecule has 0 unspecified atom stereocenters. The van der Waals surface area contributed by atoms with Gasteiger partial charge in [-0.15, -0.1) is 6.58 Å². The van der Waals surface area contributed by atoms with Gasteiger partial charge >= 0.3 is 0 Å². The van der Waals surface area contributed by atoms with Crippen molar-refractivity contribution in [3.63, 3.8) is 0 Å². The molecule has 0 nitrogen and oxygen atoms in total. The first kappa shape index (κ1) is 45.6. The Bertz CT molecular complexity index is 540. The van der Waals surface area contributed by atoms with Gasteiger partial charge < -0.3 is 0 Å². The minimum atomic E-state index is 0. The number of allylic oxidation sites excluding steroid dienone is 6. The lowest BCUT2D eigenvalue weighted by atomic mass is 10.0. The van der Waals surface area contributed by atoms with Gasteiger partial charge in [0.15, 0.2) is 0 Å². The van der Waals surface area contributed by atoms with Crippen LogP contribution in [-0.2, 0) is 6.42 Å². The maximum Gasteiger partial charge on any atom is -0.0227 e. The predicted octanol–water partition coefficient (Wildman–Crippen LogP) is 13.1. The van der Waals surface area contributed by atoms with E-state index in [1.54, 1.807) is 0 Å². The van der Waals surface area contributed by atoms with Crippen molar-refractivity contribution in [3.05, 3.63) is 77.9 Å². The predicted molar refractivity (Wildman–Crippen MR) is 169 cm³/mol. The average Bonchev–Trinajstić information content (AvgIpc) is 2.86. The molecular weight excluding hydrogens is 408 g/mol. The third-order valence-corrected chi connectivity index (χ3v) is 3.95. The van der Waals surface area contributed by atoms with Gasteiger partial charge in [0.25, 0.3) is 0 Å². The van der Waals surface area contributed by atoms with Crippen LogP contribution in [0.2, 0.25) is 0 Å². The van der Waals surface area contributed by atoms with E-state index in [4.69, 9.17) is 0 Å². The van der Waals surface area contributed by atoms with Crippen LogP contribution in [0.1, 0.15) is 141 Å². The highest BCUT2D eigenvalue weighted by molar-refractivity contribution is 5.65. The number of aryl methyl sites for hydroxylation is 1. The maximum absolute atomic E-state index is 3.95. The fraction of sp³-hybridized carbons (Fsp3) is 0.588. The van der Waals surface area contributed by atoms with Crippen LogP contribution in [0, 0.1) is 0 Å². The van der Waals surface area contributed by atoms with E-state index >= 15 is 0 Å². The Kier molecular flexibility index (Phi) is 55.6. The lowest BCUT2D eigenvalue weighted by Crippen LogP contribution is -1.82.